The molecule has 1 aliphatic heterocycles. The van der Waals surface area contributed by atoms with Crippen LogP contribution >= 0.6 is 23.1 Å². The summed E-state index contributed by atoms with van der Waals surface area (Å²) in [6.07, 6.45) is 1.80. The number of carbonyl (C=O) groups excluding carboxylic acids is 1. The van der Waals surface area contributed by atoms with E-state index in [4.69, 9.17) is 14.5 Å². The minimum absolute atomic E-state index is 0.116. The van der Waals surface area contributed by atoms with E-state index in [1.807, 2.05) is 18.2 Å². The SMILES string of the molecule is C=CCOC(=O)Nc1cc(CO)cc(CNc2cc(N3CCOCC3)cc(CSc3nnc(CC)s3)n2)c1. The van der Waals surface area contributed by atoms with Crippen LogP contribution in [0.15, 0.2) is 47.3 Å². The Morgan fingerprint density at radius 1 is 1.24 bits per heavy atom. The number of nitrogens with zero attached hydrogens (tertiary/aromatic N) is 4. The zero-order valence-electron chi connectivity index (χ0n) is 21.3. The number of aromatic nitrogens is 3. The molecule has 38 heavy (non-hydrogen) atoms. The zero-order chi connectivity index (χ0) is 26.7. The Balaban J connectivity index is 1.49. The number of hydrogen-bond donors (Lipinski definition) is 3. The average molecular weight is 557 g/mol. The van der Waals surface area contributed by atoms with Gasteiger partial charge in [-0.15, -0.1) is 10.2 Å². The number of rotatable bonds is 12. The van der Waals surface area contributed by atoms with Crippen molar-refractivity contribution in [2.75, 3.05) is 48.4 Å². The molecule has 0 aliphatic carbocycles. The number of aryl methyl sites for hydroxylation is 1. The second-order valence-electron chi connectivity index (χ2n) is 8.47. The Labute approximate surface area is 230 Å². The smallest absolute Gasteiger partial charge is 0.411 e. The Morgan fingerprint density at radius 2 is 2.05 bits per heavy atom. The monoisotopic (exact) mass is 556 g/mol. The highest BCUT2D eigenvalue weighted by Crippen LogP contribution is 2.29. The number of pyridine rings is 1. The van der Waals surface area contributed by atoms with Gasteiger partial charge in [0.05, 0.1) is 25.5 Å². The Kier molecular flexibility index (Phi) is 10.3. The summed E-state index contributed by atoms with van der Waals surface area (Å²) in [6.45, 7) is 9.06. The third-order valence-corrected chi connectivity index (χ3v) is 7.86. The number of aliphatic hydroxyl groups is 1. The number of ether oxygens (including phenoxy) is 2. The van der Waals surface area contributed by atoms with Gasteiger partial charge in [0.1, 0.15) is 17.4 Å². The average Bonchev–Trinajstić information content (AvgIpc) is 3.42. The van der Waals surface area contributed by atoms with Gasteiger partial charge in [0.15, 0.2) is 4.34 Å². The molecule has 0 radical (unpaired) electrons. The van der Waals surface area contributed by atoms with E-state index in [1.54, 1.807) is 29.2 Å². The summed E-state index contributed by atoms with van der Waals surface area (Å²) < 4.78 is 11.5. The van der Waals surface area contributed by atoms with Crippen molar-refractivity contribution in [3.63, 3.8) is 0 Å². The molecule has 0 saturated carbocycles. The number of amides is 1. The molecule has 1 amide bonds. The van der Waals surface area contributed by atoms with Crippen LogP contribution in [0.1, 0.15) is 28.8 Å². The number of morpholine rings is 1. The fourth-order valence-electron chi connectivity index (χ4n) is 3.82. The van der Waals surface area contributed by atoms with Gasteiger partial charge in [0, 0.05) is 42.8 Å². The second-order valence-corrected chi connectivity index (χ2v) is 10.8. The van der Waals surface area contributed by atoms with E-state index in [-0.39, 0.29) is 13.2 Å². The summed E-state index contributed by atoms with van der Waals surface area (Å²) in [5.74, 6) is 1.41. The molecule has 2 aromatic heterocycles. The van der Waals surface area contributed by atoms with Crippen LogP contribution in [0.4, 0.5) is 22.0 Å². The molecule has 12 heteroatoms. The normalized spacial score (nSPS) is 13.3. The van der Waals surface area contributed by atoms with Gasteiger partial charge in [0.25, 0.3) is 0 Å². The predicted octanol–water partition coefficient (Wildman–Crippen LogP) is 4.46. The van der Waals surface area contributed by atoms with Gasteiger partial charge in [-0.05, 0) is 35.7 Å². The third kappa shape index (κ3) is 8.15. The van der Waals surface area contributed by atoms with Crippen LogP contribution in [0.5, 0.6) is 0 Å². The van der Waals surface area contributed by atoms with E-state index in [0.29, 0.717) is 36.8 Å². The maximum absolute atomic E-state index is 12.0. The van der Waals surface area contributed by atoms with Gasteiger partial charge in [-0.1, -0.05) is 48.7 Å². The quantitative estimate of drug-likeness (QED) is 0.218. The Bertz CT molecular complexity index is 1230. The van der Waals surface area contributed by atoms with Crippen molar-refractivity contribution < 1.29 is 19.4 Å². The van der Waals surface area contributed by atoms with Crippen molar-refractivity contribution in [2.24, 2.45) is 0 Å². The highest BCUT2D eigenvalue weighted by atomic mass is 32.2. The lowest BCUT2D eigenvalue weighted by atomic mass is 10.1. The molecule has 0 atom stereocenters. The largest absolute Gasteiger partial charge is 0.445 e. The first-order valence-corrected chi connectivity index (χ1v) is 14.2. The molecule has 1 aliphatic rings. The zero-order valence-corrected chi connectivity index (χ0v) is 22.9. The first-order chi connectivity index (χ1) is 18.6. The molecule has 10 nitrogen and oxygen atoms in total. The fourth-order valence-corrected chi connectivity index (χ4v) is 5.55. The number of carbonyl (C=O) groups is 1. The molecule has 1 saturated heterocycles. The van der Waals surface area contributed by atoms with Gasteiger partial charge in [-0.25, -0.2) is 9.78 Å². The number of hydrogen-bond acceptors (Lipinski definition) is 11. The van der Waals surface area contributed by atoms with Gasteiger partial charge < -0.3 is 24.8 Å². The van der Waals surface area contributed by atoms with E-state index in [0.717, 1.165) is 51.6 Å². The lowest BCUT2D eigenvalue weighted by molar-refractivity contribution is 0.122. The number of anilines is 3. The fraction of sp³-hybridized carbons (Fsp3) is 0.385. The van der Waals surface area contributed by atoms with Gasteiger partial charge in [-0.2, -0.15) is 0 Å². The van der Waals surface area contributed by atoms with Crippen LogP contribution in [-0.4, -0.2) is 59.3 Å². The van der Waals surface area contributed by atoms with Crippen LogP contribution in [0.25, 0.3) is 0 Å². The van der Waals surface area contributed by atoms with Crippen molar-refractivity contribution in [3.05, 3.63) is 64.8 Å². The van der Waals surface area contributed by atoms with E-state index in [2.05, 4.69) is 45.3 Å². The molecule has 3 aromatic rings. The van der Waals surface area contributed by atoms with Crippen molar-refractivity contribution in [1.29, 1.82) is 0 Å². The van der Waals surface area contributed by atoms with E-state index in [1.165, 1.54) is 6.08 Å². The molecule has 3 heterocycles. The van der Waals surface area contributed by atoms with Crippen molar-refractivity contribution in [2.45, 2.75) is 36.6 Å². The van der Waals surface area contributed by atoms with Crippen molar-refractivity contribution in [1.82, 2.24) is 15.2 Å². The van der Waals surface area contributed by atoms with E-state index >= 15 is 0 Å². The van der Waals surface area contributed by atoms with Gasteiger partial charge in [0.2, 0.25) is 0 Å². The maximum Gasteiger partial charge on any atom is 0.411 e. The summed E-state index contributed by atoms with van der Waals surface area (Å²) in [5.41, 5.74) is 4.12. The lowest BCUT2D eigenvalue weighted by Gasteiger charge is -2.29. The second kappa shape index (κ2) is 14.1. The van der Waals surface area contributed by atoms with Crippen LogP contribution < -0.4 is 15.5 Å². The molecule has 1 aromatic carbocycles. The predicted molar refractivity (Wildman–Crippen MR) is 151 cm³/mol. The van der Waals surface area contributed by atoms with Crippen LogP contribution in [0.3, 0.4) is 0 Å². The Hall–Kier alpha value is -3.19. The molecular weight excluding hydrogens is 524 g/mol. The molecule has 0 bridgehead atoms. The molecule has 1 fully saturated rings. The maximum atomic E-state index is 12.0. The molecule has 4 rings (SSSR count). The lowest BCUT2D eigenvalue weighted by Crippen LogP contribution is -2.36. The third-order valence-electron chi connectivity index (χ3n) is 5.62. The Morgan fingerprint density at radius 3 is 2.79 bits per heavy atom. The highest BCUT2D eigenvalue weighted by molar-refractivity contribution is 8.00. The van der Waals surface area contributed by atoms with E-state index in [9.17, 15) is 9.90 Å². The minimum Gasteiger partial charge on any atom is -0.445 e. The molecule has 0 unspecified atom stereocenters. The minimum atomic E-state index is -0.581. The molecule has 0 spiro atoms. The molecular formula is C26H32N6O4S2. The summed E-state index contributed by atoms with van der Waals surface area (Å²) in [7, 11) is 0. The number of nitrogens with one attached hydrogen (secondary N) is 2. The van der Waals surface area contributed by atoms with Crippen LogP contribution in [-0.2, 0) is 34.8 Å². The van der Waals surface area contributed by atoms with Crippen molar-refractivity contribution >= 4 is 46.4 Å². The van der Waals surface area contributed by atoms with Crippen molar-refractivity contribution in [3.8, 4) is 0 Å². The number of thioether (sulfide) groups is 1. The number of benzene rings is 1. The van der Waals surface area contributed by atoms with E-state index < -0.39 is 6.09 Å². The first-order valence-electron chi connectivity index (χ1n) is 12.4. The molecule has 202 valence electrons. The molecule has 3 N–H and O–H groups in total. The summed E-state index contributed by atoms with van der Waals surface area (Å²) in [6, 6.07) is 9.60. The summed E-state index contributed by atoms with van der Waals surface area (Å²) in [5, 5.41) is 25.3. The van der Waals surface area contributed by atoms with Crippen LogP contribution in [0.2, 0.25) is 0 Å². The topological polar surface area (TPSA) is 122 Å². The van der Waals surface area contributed by atoms with Crippen LogP contribution in [0, 0.1) is 0 Å². The number of aliphatic hydroxyl groups excluding tert-OH is 1. The van der Waals surface area contributed by atoms with Gasteiger partial charge in [-0.3, -0.25) is 5.32 Å². The summed E-state index contributed by atoms with van der Waals surface area (Å²) >= 11 is 3.25. The summed E-state index contributed by atoms with van der Waals surface area (Å²) in [4.78, 5) is 19.1. The first kappa shape index (κ1) is 27.8. The van der Waals surface area contributed by atoms with Gasteiger partial charge >= 0.3 is 6.09 Å². The standard InChI is InChI=1S/C26H32N6O4S2/c1-3-7-36-25(34)29-20-11-18(10-19(12-20)16-33)15-27-23-14-22(32-5-8-35-9-6-32)13-21(28-23)17-37-26-31-30-24(4-2)38-26/h3,10-14,33H,1,4-9,15-17H2,2H3,(H,27,28)(H,29,34). The highest BCUT2D eigenvalue weighted by Gasteiger charge is 2.15.